The Morgan fingerprint density at radius 2 is 2.21 bits per heavy atom. The molecule has 1 atom stereocenters. The van der Waals surface area contributed by atoms with E-state index < -0.39 is 0 Å². The Labute approximate surface area is 147 Å². The molecule has 1 aromatic carbocycles. The van der Waals surface area contributed by atoms with Gasteiger partial charge in [-0.3, -0.25) is 0 Å². The van der Waals surface area contributed by atoms with Crippen molar-refractivity contribution < 1.29 is 4.79 Å². The van der Waals surface area contributed by atoms with Gasteiger partial charge in [0.05, 0.1) is 11.7 Å². The van der Waals surface area contributed by atoms with E-state index in [4.69, 9.17) is 0 Å². The Bertz CT molecular complexity index is 701. The van der Waals surface area contributed by atoms with E-state index in [0.29, 0.717) is 18.5 Å². The second kappa shape index (κ2) is 7.44. The van der Waals surface area contributed by atoms with Gasteiger partial charge < -0.3 is 15.1 Å². The summed E-state index contributed by atoms with van der Waals surface area (Å²) >= 11 is 1.21. The second-order valence-electron chi connectivity index (χ2n) is 6.87. The lowest BCUT2D eigenvalue weighted by atomic mass is 10.1. The summed E-state index contributed by atoms with van der Waals surface area (Å²) in [5.74, 6) is 0.558. The minimum Gasteiger partial charge on any atom is -0.338 e. The molecular formula is C17H25N5OS. The Balaban J connectivity index is 1.48. The van der Waals surface area contributed by atoms with E-state index in [0.717, 1.165) is 42.7 Å². The fourth-order valence-corrected chi connectivity index (χ4v) is 3.65. The lowest BCUT2D eigenvalue weighted by Gasteiger charge is -2.21. The van der Waals surface area contributed by atoms with Crippen LogP contribution >= 0.6 is 11.7 Å². The maximum atomic E-state index is 12.3. The van der Waals surface area contributed by atoms with Crippen molar-refractivity contribution in [3.8, 4) is 0 Å². The van der Waals surface area contributed by atoms with Crippen molar-refractivity contribution in [3.05, 3.63) is 23.8 Å². The Morgan fingerprint density at radius 1 is 1.42 bits per heavy atom. The van der Waals surface area contributed by atoms with Gasteiger partial charge in [0, 0.05) is 32.7 Å². The zero-order valence-corrected chi connectivity index (χ0v) is 15.3. The molecule has 130 valence electrons. The molecule has 1 N–H and O–H groups in total. The van der Waals surface area contributed by atoms with Gasteiger partial charge in [0.1, 0.15) is 11.0 Å². The highest BCUT2D eigenvalue weighted by Gasteiger charge is 2.24. The number of amides is 2. The predicted molar refractivity (Wildman–Crippen MR) is 97.1 cm³/mol. The molecule has 1 aliphatic heterocycles. The molecule has 0 saturated carbocycles. The number of urea groups is 1. The predicted octanol–water partition coefficient (Wildman–Crippen LogP) is 2.56. The number of hydrogen-bond donors (Lipinski definition) is 1. The number of rotatable bonds is 5. The van der Waals surface area contributed by atoms with Crippen molar-refractivity contribution in [1.29, 1.82) is 0 Å². The Hall–Kier alpha value is -1.73. The molecule has 1 fully saturated rings. The molecule has 2 heterocycles. The van der Waals surface area contributed by atoms with Crippen molar-refractivity contribution >= 4 is 28.8 Å². The van der Waals surface area contributed by atoms with Crippen LogP contribution in [0.25, 0.3) is 11.0 Å². The van der Waals surface area contributed by atoms with Crippen molar-refractivity contribution in [2.75, 3.05) is 26.7 Å². The Morgan fingerprint density at radius 3 is 2.96 bits per heavy atom. The van der Waals surface area contributed by atoms with Crippen LogP contribution in [0.1, 0.15) is 25.8 Å². The molecule has 0 bridgehead atoms. The quantitative estimate of drug-likeness (QED) is 0.903. The maximum Gasteiger partial charge on any atom is 0.317 e. The van der Waals surface area contributed by atoms with E-state index in [9.17, 15) is 4.79 Å². The summed E-state index contributed by atoms with van der Waals surface area (Å²) in [6.45, 7) is 7.99. The van der Waals surface area contributed by atoms with Gasteiger partial charge >= 0.3 is 6.03 Å². The first kappa shape index (κ1) is 17.1. The molecule has 1 aliphatic rings. The number of nitrogens with one attached hydrogen (secondary N) is 1. The number of nitrogens with zero attached hydrogens (tertiary/aromatic N) is 4. The van der Waals surface area contributed by atoms with E-state index in [2.05, 4.69) is 32.8 Å². The highest BCUT2D eigenvalue weighted by molar-refractivity contribution is 7.00. The maximum absolute atomic E-state index is 12.3. The van der Waals surface area contributed by atoms with Gasteiger partial charge in [-0.25, -0.2) is 4.79 Å². The molecule has 1 saturated heterocycles. The topological polar surface area (TPSA) is 61.4 Å². The largest absolute Gasteiger partial charge is 0.338 e. The molecule has 0 radical (unpaired) electrons. The average molecular weight is 347 g/mol. The summed E-state index contributed by atoms with van der Waals surface area (Å²) in [7, 11) is 1.83. The molecule has 3 rings (SSSR count). The fourth-order valence-electron chi connectivity index (χ4n) is 3.14. The third-order valence-corrected chi connectivity index (χ3v) is 5.23. The van der Waals surface area contributed by atoms with Crippen LogP contribution in [0.15, 0.2) is 18.2 Å². The average Bonchev–Trinajstić information content (AvgIpc) is 3.21. The van der Waals surface area contributed by atoms with Crippen LogP contribution in [0.4, 0.5) is 4.79 Å². The summed E-state index contributed by atoms with van der Waals surface area (Å²) in [6, 6.07) is 6.53. The number of carbonyl (C=O) groups is 1. The number of benzene rings is 1. The summed E-state index contributed by atoms with van der Waals surface area (Å²) < 4.78 is 8.45. The van der Waals surface area contributed by atoms with E-state index in [1.807, 2.05) is 25.2 Å². The summed E-state index contributed by atoms with van der Waals surface area (Å²) in [4.78, 5) is 16.5. The standard InChI is InChI=1S/C17H25N5OS/c1-12(2)22-7-6-14(11-22)9-18-17(23)21(3)10-13-4-5-15-16(8-13)20-24-19-15/h4-5,8,12,14H,6-7,9-11H2,1-3H3,(H,18,23)/t14-/m0/s1. The van der Waals surface area contributed by atoms with Crippen LogP contribution in [0, 0.1) is 5.92 Å². The summed E-state index contributed by atoms with van der Waals surface area (Å²) in [6.07, 6.45) is 1.16. The zero-order valence-electron chi connectivity index (χ0n) is 14.5. The van der Waals surface area contributed by atoms with Crippen LogP contribution in [0.3, 0.4) is 0 Å². The normalized spacial score (nSPS) is 18.4. The van der Waals surface area contributed by atoms with E-state index in [1.54, 1.807) is 4.90 Å². The number of fused-ring (bicyclic) bond motifs is 1. The highest BCUT2D eigenvalue weighted by Crippen LogP contribution is 2.18. The first-order chi connectivity index (χ1) is 11.5. The molecule has 0 aliphatic carbocycles. The molecular weight excluding hydrogens is 322 g/mol. The second-order valence-corrected chi connectivity index (χ2v) is 7.40. The van der Waals surface area contributed by atoms with Gasteiger partial charge in [-0.1, -0.05) is 6.07 Å². The van der Waals surface area contributed by atoms with Crippen LogP contribution in [0.5, 0.6) is 0 Å². The molecule has 0 unspecified atom stereocenters. The van der Waals surface area contributed by atoms with Gasteiger partial charge in [-0.15, -0.1) is 0 Å². The zero-order chi connectivity index (χ0) is 17.1. The van der Waals surface area contributed by atoms with Gasteiger partial charge in [-0.2, -0.15) is 8.75 Å². The molecule has 1 aromatic heterocycles. The van der Waals surface area contributed by atoms with Crippen LogP contribution in [0.2, 0.25) is 0 Å². The van der Waals surface area contributed by atoms with Gasteiger partial charge in [0.2, 0.25) is 0 Å². The Kier molecular flexibility index (Phi) is 5.30. The molecule has 7 heteroatoms. The number of hydrogen-bond acceptors (Lipinski definition) is 5. The third-order valence-electron chi connectivity index (χ3n) is 4.67. The third kappa shape index (κ3) is 4.02. The molecule has 0 spiro atoms. The SMILES string of the molecule is CC(C)N1CC[C@@H](CNC(=O)N(C)Cc2ccc3nsnc3c2)C1. The van der Waals surface area contributed by atoms with Crippen LogP contribution < -0.4 is 5.32 Å². The summed E-state index contributed by atoms with van der Waals surface area (Å²) in [5, 5.41) is 3.07. The molecule has 2 aromatic rings. The van der Waals surface area contributed by atoms with Crippen molar-refractivity contribution in [3.63, 3.8) is 0 Å². The number of carbonyl (C=O) groups excluding carboxylic acids is 1. The summed E-state index contributed by atoms with van der Waals surface area (Å²) in [5.41, 5.74) is 2.87. The van der Waals surface area contributed by atoms with E-state index >= 15 is 0 Å². The first-order valence-corrected chi connectivity index (χ1v) is 9.20. The number of likely N-dealkylation sites (tertiary alicyclic amines) is 1. The monoisotopic (exact) mass is 347 g/mol. The van der Waals surface area contributed by atoms with Crippen LogP contribution in [-0.4, -0.2) is 57.3 Å². The molecule has 2 amide bonds. The lowest BCUT2D eigenvalue weighted by Crippen LogP contribution is -2.40. The van der Waals surface area contributed by atoms with Crippen molar-refractivity contribution in [1.82, 2.24) is 23.9 Å². The van der Waals surface area contributed by atoms with Gasteiger partial charge in [0.25, 0.3) is 0 Å². The van der Waals surface area contributed by atoms with Gasteiger partial charge in [-0.05, 0) is 50.4 Å². The van der Waals surface area contributed by atoms with Gasteiger partial charge in [0.15, 0.2) is 0 Å². The minimum atomic E-state index is -0.0190. The first-order valence-electron chi connectivity index (χ1n) is 8.47. The molecule has 6 nitrogen and oxygen atoms in total. The van der Waals surface area contributed by atoms with Crippen LogP contribution in [-0.2, 0) is 6.54 Å². The van der Waals surface area contributed by atoms with Crippen molar-refractivity contribution in [2.24, 2.45) is 5.92 Å². The highest BCUT2D eigenvalue weighted by atomic mass is 32.1. The number of aromatic nitrogens is 2. The van der Waals surface area contributed by atoms with E-state index in [1.165, 1.54) is 11.7 Å². The van der Waals surface area contributed by atoms with E-state index in [-0.39, 0.29) is 6.03 Å². The minimum absolute atomic E-state index is 0.0190. The van der Waals surface area contributed by atoms with Crippen molar-refractivity contribution in [2.45, 2.75) is 32.9 Å². The molecule has 24 heavy (non-hydrogen) atoms. The fraction of sp³-hybridized carbons (Fsp3) is 0.588. The smallest absolute Gasteiger partial charge is 0.317 e. The lowest BCUT2D eigenvalue weighted by molar-refractivity contribution is 0.204.